The van der Waals surface area contributed by atoms with Crippen LogP contribution in [0.4, 0.5) is 0 Å². The fraction of sp³-hybridized carbons (Fsp3) is 0.273. The Morgan fingerprint density at radius 1 is 1.29 bits per heavy atom. The van der Waals surface area contributed by atoms with Gasteiger partial charge >= 0.3 is 0 Å². The summed E-state index contributed by atoms with van der Waals surface area (Å²) in [5.41, 5.74) is 4.93. The first-order valence-corrected chi connectivity index (χ1v) is 4.51. The lowest BCUT2D eigenvalue weighted by molar-refractivity contribution is 0.913. The highest BCUT2D eigenvalue weighted by molar-refractivity contribution is 5.62. The van der Waals surface area contributed by atoms with Crippen LogP contribution in [0.5, 0.6) is 0 Å². The Morgan fingerprint density at radius 2 is 2.00 bits per heavy atom. The Morgan fingerprint density at radius 3 is 2.64 bits per heavy atom. The van der Waals surface area contributed by atoms with E-state index in [2.05, 4.69) is 11.2 Å². The van der Waals surface area contributed by atoms with E-state index < -0.39 is 0 Å². The van der Waals surface area contributed by atoms with Crippen LogP contribution in [0, 0.1) is 32.1 Å². The molecule has 2 heterocycles. The minimum Gasteiger partial charge on any atom is -0.222 e. The highest BCUT2D eigenvalue weighted by Gasteiger charge is 2.09. The molecule has 3 heteroatoms. The molecule has 0 bridgehead atoms. The second-order valence-electron chi connectivity index (χ2n) is 3.48. The molecule has 0 saturated heterocycles. The number of hydrogen-bond acceptors (Lipinski definition) is 2. The fourth-order valence-electron chi connectivity index (χ4n) is 1.68. The van der Waals surface area contributed by atoms with Gasteiger partial charge in [-0.3, -0.25) is 0 Å². The van der Waals surface area contributed by atoms with Crippen LogP contribution in [-0.4, -0.2) is 9.61 Å². The second kappa shape index (κ2) is 2.85. The van der Waals surface area contributed by atoms with Gasteiger partial charge in [0, 0.05) is 0 Å². The summed E-state index contributed by atoms with van der Waals surface area (Å²) in [5.74, 6) is 0. The van der Waals surface area contributed by atoms with Crippen molar-refractivity contribution in [1.29, 1.82) is 5.26 Å². The van der Waals surface area contributed by atoms with E-state index >= 15 is 0 Å². The Kier molecular flexibility index (Phi) is 1.78. The Hall–Kier alpha value is -1.82. The number of aromatic nitrogens is 2. The summed E-state index contributed by atoms with van der Waals surface area (Å²) in [5, 5.41) is 13.3. The maximum atomic E-state index is 8.92. The summed E-state index contributed by atoms with van der Waals surface area (Å²) in [7, 11) is 0. The van der Waals surface area contributed by atoms with Crippen molar-refractivity contribution in [2.45, 2.75) is 20.8 Å². The van der Waals surface area contributed by atoms with E-state index in [1.165, 1.54) is 0 Å². The highest BCUT2D eigenvalue weighted by Crippen LogP contribution is 2.19. The van der Waals surface area contributed by atoms with Crippen molar-refractivity contribution in [2.24, 2.45) is 0 Å². The van der Waals surface area contributed by atoms with E-state index in [0.717, 1.165) is 22.3 Å². The molecule has 3 nitrogen and oxygen atoms in total. The molecule has 0 aliphatic carbocycles. The molecular formula is C11H11N3. The zero-order valence-corrected chi connectivity index (χ0v) is 8.50. The van der Waals surface area contributed by atoms with Crippen LogP contribution in [0.3, 0.4) is 0 Å². The first-order chi connectivity index (χ1) is 6.65. The summed E-state index contributed by atoms with van der Waals surface area (Å²) in [6, 6.07) is 5.90. The second-order valence-corrected chi connectivity index (χ2v) is 3.48. The third kappa shape index (κ3) is 1.01. The van der Waals surface area contributed by atoms with Crippen LogP contribution in [-0.2, 0) is 0 Å². The molecule has 0 N–H and O–H groups in total. The number of fused-ring (bicyclic) bond motifs is 1. The molecule has 0 saturated carbocycles. The third-order valence-electron chi connectivity index (χ3n) is 2.57. The number of nitriles is 1. The molecule has 70 valence electrons. The number of pyridine rings is 1. The molecular weight excluding hydrogens is 174 g/mol. The summed E-state index contributed by atoms with van der Waals surface area (Å²) in [6.45, 7) is 6.03. The van der Waals surface area contributed by atoms with Crippen LogP contribution in [0.15, 0.2) is 12.1 Å². The molecule has 0 unspecified atom stereocenters. The van der Waals surface area contributed by atoms with E-state index in [4.69, 9.17) is 5.26 Å². The molecule has 0 aliphatic rings. The average molecular weight is 185 g/mol. The summed E-state index contributed by atoms with van der Waals surface area (Å²) < 4.78 is 1.72. The van der Waals surface area contributed by atoms with E-state index in [-0.39, 0.29) is 0 Å². The normalized spacial score (nSPS) is 10.4. The smallest absolute Gasteiger partial charge is 0.142 e. The van der Waals surface area contributed by atoms with Crippen molar-refractivity contribution in [3.05, 3.63) is 34.6 Å². The van der Waals surface area contributed by atoms with Gasteiger partial charge in [0.2, 0.25) is 0 Å². The molecule has 2 aromatic heterocycles. The fourth-order valence-corrected chi connectivity index (χ4v) is 1.68. The van der Waals surface area contributed by atoms with Gasteiger partial charge in [0.25, 0.3) is 0 Å². The standard InChI is InChI=1S/C11H11N3/c1-7-4-5-10(6-12)14-11(7)8(2)9(3)13-14/h4-5H,1-3H3. The lowest BCUT2D eigenvalue weighted by Crippen LogP contribution is -1.95. The first-order valence-electron chi connectivity index (χ1n) is 4.51. The van der Waals surface area contributed by atoms with Gasteiger partial charge in [0.05, 0.1) is 11.2 Å². The van der Waals surface area contributed by atoms with Gasteiger partial charge in [0.1, 0.15) is 11.8 Å². The van der Waals surface area contributed by atoms with Crippen molar-refractivity contribution in [3.8, 4) is 6.07 Å². The maximum absolute atomic E-state index is 8.92. The summed E-state index contributed by atoms with van der Waals surface area (Å²) >= 11 is 0. The van der Waals surface area contributed by atoms with E-state index in [1.54, 1.807) is 10.6 Å². The van der Waals surface area contributed by atoms with Gasteiger partial charge in [0.15, 0.2) is 0 Å². The Balaban J connectivity index is 3.00. The number of rotatable bonds is 0. The van der Waals surface area contributed by atoms with Crippen molar-refractivity contribution < 1.29 is 0 Å². The molecule has 0 fully saturated rings. The van der Waals surface area contributed by atoms with E-state index in [0.29, 0.717) is 5.69 Å². The molecule has 0 aromatic carbocycles. The lowest BCUT2D eigenvalue weighted by Gasteiger charge is -2.00. The van der Waals surface area contributed by atoms with Gasteiger partial charge in [-0.05, 0) is 38.0 Å². The molecule has 2 aromatic rings. The van der Waals surface area contributed by atoms with Crippen LogP contribution in [0.2, 0.25) is 0 Å². The largest absolute Gasteiger partial charge is 0.222 e. The molecule has 0 amide bonds. The summed E-state index contributed by atoms with van der Waals surface area (Å²) in [4.78, 5) is 0. The zero-order valence-electron chi connectivity index (χ0n) is 8.50. The van der Waals surface area contributed by atoms with Gasteiger partial charge in [-0.25, -0.2) is 4.52 Å². The van der Waals surface area contributed by atoms with Gasteiger partial charge in [-0.2, -0.15) is 10.4 Å². The van der Waals surface area contributed by atoms with Crippen molar-refractivity contribution in [3.63, 3.8) is 0 Å². The van der Waals surface area contributed by atoms with Gasteiger partial charge in [-0.1, -0.05) is 6.07 Å². The number of nitrogens with zero attached hydrogens (tertiary/aromatic N) is 3. The van der Waals surface area contributed by atoms with E-state index in [1.807, 2.05) is 26.8 Å². The van der Waals surface area contributed by atoms with Crippen molar-refractivity contribution in [1.82, 2.24) is 9.61 Å². The first kappa shape index (κ1) is 8.76. The molecule has 2 rings (SSSR count). The van der Waals surface area contributed by atoms with Crippen molar-refractivity contribution in [2.75, 3.05) is 0 Å². The molecule has 0 spiro atoms. The SMILES string of the molecule is Cc1nn2c(C#N)ccc(C)c2c1C. The van der Waals surface area contributed by atoms with Crippen LogP contribution < -0.4 is 0 Å². The Labute approximate surface area is 82.6 Å². The van der Waals surface area contributed by atoms with Crippen molar-refractivity contribution >= 4 is 5.52 Å². The quantitative estimate of drug-likeness (QED) is 0.630. The minimum atomic E-state index is 0.585. The van der Waals surface area contributed by atoms with E-state index in [9.17, 15) is 0 Å². The maximum Gasteiger partial charge on any atom is 0.142 e. The predicted octanol–water partition coefficient (Wildman–Crippen LogP) is 2.13. The number of hydrogen-bond donors (Lipinski definition) is 0. The topological polar surface area (TPSA) is 41.1 Å². The van der Waals surface area contributed by atoms with Crippen LogP contribution in [0.1, 0.15) is 22.5 Å². The Bertz CT molecular complexity index is 544. The predicted molar refractivity (Wildman–Crippen MR) is 54.1 cm³/mol. The van der Waals surface area contributed by atoms with Gasteiger partial charge < -0.3 is 0 Å². The lowest BCUT2D eigenvalue weighted by atomic mass is 10.1. The van der Waals surface area contributed by atoms with Crippen LogP contribution in [0.25, 0.3) is 5.52 Å². The van der Waals surface area contributed by atoms with Gasteiger partial charge in [-0.15, -0.1) is 0 Å². The molecule has 0 atom stereocenters. The summed E-state index contributed by atoms with van der Waals surface area (Å²) in [6.07, 6.45) is 0. The highest BCUT2D eigenvalue weighted by atomic mass is 15.2. The number of aryl methyl sites for hydroxylation is 3. The third-order valence-corrected chi connectivity index (χ3v) is 2.57. The minimum absolute atomic E-state index is 0.585. The molecule has 0 radical (unpaired) electrons. The monoisotopic (exact) mass is 185 g/mol. The average Bonchev–Trinajstić information content (AvgIpc) is 2.45. The zero-order chi connectivity index (χ0) is 10.3. The molecule has 14 heavy (non-hydrogen) atoms. The van der Waals surface area contributed by atoms with Crippen LogP contribution >= 0.6 is 0 Å². The molecule has 0 aliphatic heterocycles.